The molecule has 0 saturated carbocycles. The highest BCUT2D eigenvalue weighted by atomic mass is 16.1. The zero-order valence-corrected chi connectivity index (χ0v) is 6.79. The zero-order valence-electron chi connectivity index (χ0n) is 6.79. The molecule has 1 aromatic rings. The third-order valence-electron chi connectivity index (χ3n) is 1.36. The number of carbonyl (C=O) groups excluding carboxylic acids is 1. The maximum atomic E-state index is 10.7. The summed E-state index contributed by atoms with van der Waals surface area (Å²) in [6, 6.07) is 9.29. The maximum absolute atomic E-state index is 10.7. The predicted octanol–water partition coefficient (Wildman–Crippen LogP) is 2.54. The van der Waals surface area contributed by atoms with Crippen LogP contribution >= 0.6 is 0 Å². The molecular formula is C9H7N3O. The van der Waals surface area contributed by atoms with Crippen molar-refractivity contribution in [3.05, 3.63) is 52.4 Å². The molecule has 0 saturated heterocycles. The Morgan fingerprint density at radius 3 is 2.69 bits per heavy atom. The summed E-state index contributed by atoms with van der Waals surface area (Å²) in [5.74, 6) is -0.591. The van der Waals surface area contributed by atoms with Crippen LogP contribution in [0.25, 0.3) is 16.5 Å². The number of amides is 1. The molecule has 0 aromatic heterocycles. The van der Waals surface area contributed by atoms with Crippen molar-refractivity contribution in [2.24, 2.45) is 5.11 Å². The van der Waals surface area contributed by atoms with Crippen LogP contribution in [0, 0.1) is 0 Å². The van der Waals surface area contributed by atoms with Gasteiger partial charge in [-0.2, -0.15) is 0 Å². The van der Waals surface area contributed by atoms with Gasteiger partial charge in [-0.15, -0.1) is 0 Å². The summed E-state index contributed by atoms with van der Waals surface area (Å²) < 4.78 is 0. The Hall–Kier alpha value is -2.06. The van der Waals surface area contributed by atoms with Crippen molar-refractivity contribution in [2.75, 3.05) is 0 Å². The van der Waals surface area contributed by atoms with Crippen LogP contribution in [0.5, 0.6) is 0 Å². The van der Waals surface area contributed by atoms with Gasteiger partial charge in [-0.1, -0.05) is 36.4 Å². The molecule has 0 radical (unpaired) electrons. The zero-order chi connectivity index (χ0) is 9.52. The molecule has 0 aliphatic rings. The summed E-state index contributed by atoms with van der Waals surface area (Å²) in [4.78, 5) is 13.1. The fourth-order valence-corrected chi connectivity index (χ4v) is 0.809. The van der Waals surface area contributed by atoms with E-state index in [9.17, 15) is 4.79 Å². The molecule has 0 aliphatic heterocycles. The lowest BCUT2D eigenvalue weighted by molar-refractivity contribution is -0.113. The summed E-state index contributed by atoms with van der Waals surface area (Å²) >= 11 is 0. The largest absolute Gasteiger partial charge is 0.288 e. The van der Waals surface area contributed by atoms with Gasteiger partial charge in [0.05, 0.1) is 0 Å². The lowest BCUT2D eigenvalue weighted by Gasteiger charge is -1.88. The van der Waals surface area contributed by atoms with E-state index in [0.29, 0.717) is 0 Å². The maximum Gasteiger partial charge on any atom is 0.242 e. The molecule has 0 bridgehead atoms. The van der Waals surface area contributed by atoms with Gasteiger partial charge in [0.15, 0.2) is 0 Å². The third kappa shape index (κ3) is 3.22. The molecule has 0 N–H and O–H groups in total. The number of carbonyl (C=O) groups is 1. The van der Waals surface area contributed by atoms with Crippen LogP contribution in [0.15, 0.2) is 41.5 Å². The summed E-state index contributed by atoms with van der Waals surface area (Å²) in [5.41, 5.74) is 8.83. The average Bonchev–Trinajstić information content (AvgIpc) is 2.17. The van der Waals surface area contributed by atoms with Gasteiger partial charge in [-0.05, 0) is 22.3 Å². The van der Waals surface area contributed by atoms with E-state index < -0.39 is 5.91 Å². The molecule has 1 aromatic carbocycles. The van der Waals surface area contributed by atoms with Gasteiger partial charge in [0.1, 0.15) is 0 Å². The Labute approximate surface area is 75.1 Å². The molecule has 0 atom stereocenters. The summed E-state index contributed by atoms with van der Waals surface area (Å²) in [5, 5.41) is 2.89. The van der Waals surface area contributed by atoms with Crippen LogP contribution in [0.1, 0.15) is 5.56 Å². The van der Waals surface area contributed by atoms with Gasteiger partial charge in [-0.3, -0.25) is 4.79 Å². The Kier molecular flexibility index (Phi) is 3.30. The van der Waals surface area contributed by atoms with Crippen LogP contribution in [0.2, 0.25) is 0 Å². The van der Waals surface area contributed by atoms with E-state index in [4.69, 9.17) is 5.53 Å². The lowest BCUT2D eigenvalue weighted by Crippen LogP contribution is -1.81. The highest BCUT2D eigenvalue weighted by Crippen LogP contribution is 2.00. The first kappa shape index (κ1) is 9.03. The van der Waals surface area contributed by atoms with Gasteiger partial charge < -0.3 is 0 Å². The smallest absolute Gasteiger partial charge is 0.242 e. The molecule has 64 valence electrons. The molecule has 0 heterocycles. The number of hydrogen-bond donors (Lipinski definition) is 0. The Bertz CT molecular complexity index is 364. The van der Waals surface area contributed by atoms with Crippen molar-refractivity contribution in [2.45, 2.75) is 0 Å². The van der Waals surface area contributed by atoms with Crippen LogP contribution in [-0.2, 0) is 4.79 Å². The average molecular weight is 173 g/mol. The summed E-state index contributed by atoms with van der Waals surface area (Å²) in [6.07, 6.45) is 2.83. The number of benzene rings is 1. The van der Waals surface area contributed by atoms with Gasteiger partial charge in [-0.25, -0.2) is 0 Å². The molecule has 1 rings (SSSR count). The van der Waals surface area contributed by atoms with Crippen LogP contribution in [-0.4, -0.2) is 5.91 Å². The fourth-order valence-electron chi connectivity index (χ4n) is 0.809. The topological polar surface area (TPSA) is 65.8 Å². The molecule has 0 spiro atoms. The van der Waals surface area contributed by atoms with Gasteiger partial charge in [0.25, 0.3) is 0 Å². The van der Waals surface area contributed by atoms with Crippen molar-refractivity contribution in [3.63, 3.8) is 0 Å². The third-order valence-corrected chi connectivity index (χ3v) is 1.36. The number of hydrogen-bond acceptors (Lipinski definition) is 1. The molecular weight excluding hydrogens is 166 g/mol. The normalized spacial score (nSPS) is 9.54. The quantitative estimate of drug-likeness (QED) is 0.293. The van der Waals surface area contributed by atoms with Crippen LogP contribution < -0.4 is 0 Å². The second-order valence-electron chi connectivity index (χ2n) is 2.27. The lowest BCUT2D eigenvalue weighted by atomic mass is 10.2. The Morgan fingerprint density at radius 2 is 2.08 bits per heavy atom. The second kappa shape index (κ2) is 4.74. The van der Waals surface area contributed by atoms with Crippen LogP contribution in [0.3, 0.4) is 0 Å². The van der Waals surface area contributed by atoms with Crippen molar-refractivity contribution in [3.8, 4) is 0 Å². The monoisotopic (exact) mass is 173 g/mol. The molecule has 13 heavy (non-hydrogen) atoms. The van der Waals surface area contributed by atoms with E-state index in [0.717, 1.165) is 5.56 Å². The standard InChI is InChI=1S/C9H7N3O/c10-12-11-9(13)7-6-8-4-2-1-3-5-8/h1-7H/b7-6-. The highest BCUT2D eigenvalue weighted by Gasteiger charge is 1.88. The first-order chi connectivity index (χ1) is 6.33. The summed E-state index contributed by atoms with van der Waals surface area (Å²) in [6.45, 7) is 0. The highest BCUT2D eigenvalue weighted by molar-refractivity contribution is 5.92. The van der Waals surface area contributed by atoms with Crippen molar-refractivity contribution < 1.29 is 4.79 Å². The van der Waals surface area contributed by atoms with Crippen molar-refractivity contribution in [1.29, 1.82) is 0 Å². The SMILES string of the molecule is [N-]=[N+]=NC(=O)/C=C\c1ccccc1. The Morgan fingerprint density at radius 1 is 1.38 bits per heavy atom. The minimum Gasteiger partial charge on any atom is -0.288 e. The van der Waals surface area contributed by atoms with Crippen LogP contribution in [0.4, 0.5) is 0 Å². The minimum absolute atomic E-state index is 0.591. The summed E-state index contributed by atoms with van der Waals surface area (Å²) in [7, 11) is 0. The second-order valence-corrected chi connectivity index (χ2v) is 2.27. The van der Waals surface area contributed by atoms with E-state index in [1.165, 1.54) is 6.08 Å². The van der Waals surface area contributed by atoms with E-state index in [1.807, 2.05) is 30.3 Å². The number of nitrogens with zero attached hydrogens (tertiary/aromatic N) is 3. The number of rotatable bonds is 2. The molecule has 4 nitrogen and oxygen atoms in total. The first-order valence-electron chi connectivity index (χ1n) is 3.65. The predicted molar refractivity (Wildman–Crippen MR) is 49.6 cm³/mol. The van der Waals surface area contributed by atoms with Gasteiger partial charge >= 0.3 is 0 Å². The molecule has 0 aliphatic carbocycles. The Balaban J connectivity index is 2.69. The van der Waals surface area contributed by atoms with E-state index in [1.54, 1.807) is 6.08 Å². The first-order valence-corrected chi connectivity index (χ1v) is 3.65. The molecule has 0 unspecified atom stereocenters. The van der Waals surface area contributed by atoms with Gasteiger partial charge in [0, 0.05) is 4.91 Å². The van der Waals surface area contributed by atoms with E-state index in [2.05, 4.69) is 10.0 Å². The minimum atomic E-state index is -0.591. The van der Waals surface area contributed by atoms with E-state index >= 15 is 0 Å². The molecule has 1 amide bonds. The molecule has 4 heteroatoms. The molecule has 0 fully saturated rings. The van der Waals surface area contributed by atoms with Crippen molar-refractivity contribution >= 4 is 12.0 Å². The van der Waals surface area contributed by atoms with E-state index in [-0.39, 0.29) is 0 Å². The van der Waals surface area contributed by atoms with Gasteiger partial charge in [0.2, 0.25) is 5.91 Å². The number of azide groups is 1. The van der Waals surface area contributed by atoms with Crippen molar-refractivity contribution in [1.82, 2.24) is 0 Å². The fraction of sp³-hybridized carbons (Fsp3) is 0.